The van der Waals surface area contributed by atoms with Crippen LogP contribution in [0.15, 0.2) is 23.2 Å². The molecule has 0 unspecified atom stereocenters. The van der Waals surface area contributed by atoms with E-state index >= 15 is 0 Å². The fourth-order valence-electron chi connectivity index (χ4n) is 2.17. The second kappa shape index (κ2) is 4.47. The van der Waals surface area contributed by atoms with Crippen LogP contribution in [0.4, 0.5) is 11.4 Å². The third-order valence-corrected chi connectivity index (χ3v) is 3.07. The van der Waals surface area contributed by atoms with Gasteiger partial charge in [0.1, 0.15) is 0 Å². The largest absolute Gasteiger partial charge is 0.372 e. The number of piperidine rings is 1. The lowest BCUT2D eigenvalue weighted by molar-refractivity contribution is 0.578. The molecule has 0 saturated carbocycles. The van der Waals surface area contributed by atoms with Gasteiger partial charge in [0.2, 0.25) is 0 Å². The Hall–Kier alpha value is -1.31. The minimum absolute atomic E-state index is 0.996. The molecular formula is C13H18N2. The normalized spacial score (nSPS) is 16.5. The molecule has 0 bridgehead atoms. The standard InChI is InChI=1S/C13H18N2/c1-11-10-12(6-7-13(11)14-2)15-8-4-3-5-9-15/h6-7,10H,2-5,8-9H2,1H3. The van der Waals surface area contributed by atoms with E-state index in [0.29, 0.717) is 0 Å². The Morgan fingerprint density at radius 3 is 2.53 bits per heavy atom. The molecule has 1 saturated heterocycles. The summed E-state index contributed by atoms with van der Waals surface area (Å²) in [4.78, 5) is 6.45. The highest BCUT2D eigenvalue weighted by atomic mass is 15.1. The molecule has 2 rings (SSSR count). The van der Waals surface area contributed by atoms with E-state index in [0.717, 1.165) is 5.69 Å². The van der Waals surface area contributed by atoms with Gasteiger partial charge in [-0.05, 0) is 56.7 Å². The highest BCUT2D eigenvalue weighted by Gasteiger charge is 2.11. The number of hydrogen-bond donors (Lipinski definition) is 0. The van der Waals surface area contributed by atoms with Crippen LogP contribution in [0.2, 0.25) is 0 Å². The molecule has 0 aromatic heterocycles. The van der Waals surface area contributed by atoms with Crippen molar-refractivity contribution >= 4 is 18.1 Å². The zero-order chi connectivity index (χ0) is 10.7. The molecule has 80 valence electrons. The summed E-state index contributed by atoms with van der Waals surface area (Å²) in [5, 5.41) is 0. The number of aliphatic imine (C=N–C) groups is 1. The number of anilines is 1. The van der Waals surface area contributed by atoms with Crippen molar-refractivity contribution in [3.05, 3.63) is 23.8 Å². The highest BCUT2D eigenvalue weighted by Crippen LogP contribution is 2.26. The molecular weight excluding hydrogens is 184 g/mol. The summed E-state index contributed by atoms with van der Waals surface area (Å²) < 4.78 is 0. The lowest BCUT2D eigenvalue weighted by Gasteiger charge is -2.29. The predicted octanol–water partition coefficient (Wildman–Crippen LogP) is 3.32. The zero-order valence-electron chi connectivity index (χ0n) is 9.37. The van der Waals surface area contributed by atoms with E-state index in [-0.39, 0.29) is 0 Å². The van der Waals surface area contributed by atoms with E-state index < -0.39 is 0 Å². The van der Waals surface area contributed by atoms with E-state index in [9.17, 15) is 0 Å². The molecule has 0 N–H and O–H groups in total. The van der Waals surface area contributed by atoms with Gasteiger partial charge in [0.05, 0.1) is 5.69 Å². The van der Waals surface area contributed by atoms with Crippen LogP contribution >= 0.6 is 0 Å². The summed E-state index contributed by atoms with van der Waals surface area (Å²) in [5.41, 5.74) is 3.54. The topological polar surface area (TPSA) is 15.6 Å². The first-order valence-electron chi connectivity index (χ1n) is 5.63. The van der Waals surface area contributed by atoms with E-state index in [2.05, 4.69) is 41.7 Å². The van der Waals surface area contributed by atoms with Crippen molar-refractivity contribution in [3.8, 4) is 0 Å². The maximum Gasteiger partial charge on any atom is 0.0653 e. The van der Waals surface area contributed by atoms with E-state index in [1.54, 1.807) is 0 Å². The van der Waals surface area contributed by atoms with Gasteiger partial charge in [-0.1, -0.05) is 0 Å². The van der Waals surface area contributed by atoms with Crippen LogP contribution in [0.5, 0.6) is 0 Å². The molecule has 1 aromatic rings. The molecule has 0 spiro atoms. The second-order valence-corrected chi connectivity index (χ2v) is 4.18. The number of hydrogen-bond acceptors (Lipinski definition) is 2. The first-order valence-corrected chi connectivity index (χ1v) is 5.63. The smallest absolute Gasteiger partial charge is 0.0653 e. The van der Waals surface area contributed by atoms with Crippen LogP contribution < -0.4 is 4.90 Å². The predicted molar refractivity (Wildman–Crippen MR) is 66.5 cm³/mol. The molecule has 0 atom stereocenters. The van der Waals surface area contributed by atoms with Gasteiger partial charge in [-0.15, -0.1) is 0 Å². The number of benzene rings is 1. The van der Waals surface area contributed by atoms with Crippen LogP contribution in [0.1, 0.15) is 24.8 Å². The van der Waals surface area contributed by atoms with E-state index in [4.69, 9.17) is 0 Å². The van der Waals surface area contributed by atoms with Crippen molar-refractivity contribution in [2.75, 3.05) is 18.0 Å². The van der Waals surface area contributed by atoms with Crippen molar-refractivity contribution in [2.45, 2.75) is 26.2 Å². The maximum atomic E-state index is 3.99. The van der Waals surface area contributed by atoms with Gasteiger partial charge >= 0.3 is 0 Å². The van der Waals surface area contributed by atoms with Crippen molar-refractivity contribution in [1.82, 2.24) is 0 Å². The molecule has 1 aliphatic heterocycles. The van der Waals surface area contributed by atoms with Gasteiger partial charge < -0.3 is 4.90 Å². The molecule has 1 fully saturated rings. The van der Waals surface area contributed by atoms with Gasteiger partial charge in [-0.25, -0.2) is 0 Å². The third-order valence-electron chi connectivity index (χ3n) is 3.07. The van der Waals surface area contributed by atoms with Crippen LogP contribution in [-0.2, 0) is 0 Å². The quantitative estimate of drug-likeness (QED) is 0.672. The molecule has 0 aliphatic carbocycles. The summed E-state index contributed by atoms with van der Waals surface area (Å²) in [5.74, 6) is 0. The Morgan fingerprint density at radius 1 is 1.20 bits per heavy atom. The summed E-state index contributed by atoms with van der Waals surface area (Å²) in [6.45, 7) is 8.05. The van der Waals surface area contributed by atoms with Gasteiger partial charge in [0, 0.05) is 18.8 Å². The van der Waals surface area contributed by atoms with Crippen molar-refractivity contribution in [2.24, 2.45) is 4.99 Å². The van der Waals surface area contributed by atoms with Crippen LogP contribution in [0, 0.1) is 6.92 Å². The van der Waals surface area contributed by atoms with Crippen molar-refractivity contribution in [3.63, 3.8) is 0 Å². The minimum Gasteiger partial charge on any atom is -0.372 e. The molecule has 2 heteroatoms. The monoisotopic (exact) mass is 202 g/mol. The third kappa shape index (κ3) is 2.20. The Kier molecular flexibility index (Phi) is 3.05. The second-order valence-electron chi connectivity index (χ2n) is 4.18. The fourth-order valence-corrected chi connectivity index (χ4v) is 2.17. The zero-order valence-corrected chi connectivity index (χ0v) is 9.37. The summed E-state index contributed by atoms with van der Waals surface area (Å²) in [7, 11) is 0. The fraction of sp³-hybridized carbons (Fsp3) is 0.462. The summed E-state index contributed by atoms with van der Waals surface area (Å²) >= 11 is 0. The lowest BCUT2D eigenvalue weighted by Crippen LogP contribution is -2.29. The highest BCUT2D eigenvalue weighted by molar-refractivity contribution is 5.59. The Labute approximate surface area is 91.6 Å². The number of aryl methyl sites for hydroxylation is 1. The first-order chi connectivity index (χ1) is 7.31. The average molecular weight is 202 g/mol. The Balaban J connectivity index is 2.21. The molecule has 1 aliphatic rings. The maximum absolute atomic E-state index is 3.99. The number of rotatable bonds is 2. The molecule has 0 amide bonds. The molecule has 1 heterocycles. The van der Waals surface area contributed by atoms with Crippen molar-refractivity contribution in [1.29, 1.82) is 0 Å². The summed E-state index contributed by atoms with van der Waals surface area (Å²) in [6.07, 6.45) is 4.02. The summed E-state index contributed by atoms with van der Waals surface area (Å²) in [6, 6.07) is 6.43. The average Bonchev–Trinajstić information content (AvgIpc) is 2.30. The van der Waals surface area contributed by atoms with Gasteiger partial charge in [0.15, 0.2) is 0 Å². The van der Waals surface area contributed by atoms with Crippen LogP contribution in [0.25, 0.3) is 0 Å². The Bertz CT molecular complexity index is 352. The van der Waals surface area contributed by atoms with Gasteiger partial charge in [-0.3, -0.25) is 4.99 Å². The molecule has 1 aromatic carbocycles. The van der Waals surface area contributed by atoms with Crippen LogP contribution in [0.3, 0.4) is 0 Å². The van der Waals surface area contributed by atoms with Crippen LogP contribution in [-0.4, -0.2) is 19.8 Å². The van der Waals surface area contributed by atoms with Crippen molar-refractivity contribution < 1.29 is 0 Å². The SMILES string of the molecule is C=Nc1ccc(N2CCCCC2)cc1C. The van der Waals surface area contributed by atoms with Gasteiger partial charge in [-0.2, -0.15) is 0 Å². The van der Waals surface area contributed by atoms with E-state index in [1.807, 2.05) is 0 Å². The lowest BCUT2D eigenvalue weighted by atomic mass is 10.1. The first kappa shape index (κ1) is 10.2. The van der Waals surface area contributed by atoms with E-state index in [1.165, 1.54) is 43.6 Å². The van der Waals surface area contributed by atoms with Gasteiger partial charge in [0.25, 0.3) is 0 Å². The molecule has 15 heavy (non-hydrogen) atoms. The molecule has 2 nitrogen and oxygen atoms in total. The number of nitrogens with zero attached hydrogens (tertiary/aromatic N) is 2. The molecule has 0 radical (unpaired) electrons. The Morgan fingerprint density at radius 2 is 1.93 bits per heavy atom. The minimum atomic E-state index is 0.996.